The first-order chi connectivity index (χ1) is 39.2. The van der Waals surface area contributed by atoms with Crippen LogP contribution in [0.5, 0.6) is 0 Å². The van der Waals surface area contributed by atoms with Crippen LogP contribution in [0.15, 0.2) is 48.6 Å². The van der Waals surface area contributed by atoms with Crippen LogP contribution in [-0.2, 0) is 4.79 Å². The molecule has 0 aliphatic carbocycles. The summed E-state index contributed by atoms with van der Waals surface area (Å²) in [5.41, 5.74) is 0. The molecular formula is C75H143NO3. The maximum atomic E-state index is 12.6. The maximum absolute atomic E-state index is 12.6. The van der Waals surface area contributed by atoms with Crippen molar-refractivity contribution in [1.29, 1.82) is 0 Å². The van der Waals surface area contributed by atoms with Crippen molar-refractivity contribution < 1.29 is 15.0 Å². The summed E-state index contributed by atoms with van der Waals surface area (Å²) in [6.45, 7) is 4.34. The molecule has 0 aromatic heterocycles. The smallest absolute Gasteiger partial charge is 0.220 e. The molecule has 0 aromatic rings. The third-order valence-electron chi connectivity index (χ3n) is 17.1. The van der Waals surface area contributed by atoms with Crippen molar-refractivity contribution in [1.82, 2.24) is 5.32 Å². The lowest BCUT2D eigenvalue weighted by molar-refractivity contribution is -0.123. The molecule has 0 aromatic carbocycles. The first-order valence-electron chi connectivity index (χ1n) is 36.4. The molecule has 2 atom stereocenters. The topological polar surface area (TPSA) is 69.6 Å². The van der Waals surface area contributed by atoms with Gasteiger partial charge in [-0.15, -0.1) is 0 Å². The van der Waals surface area contributed by atoms with Gasteiger partial charge in [0.1, 0.15) is 0 Å². The monoisotopic (exact) mass is 1110 g/mol. The van der Waals surface area contributed by atoms with Crippen LogP contribution in [0, 0.1) is 0 Å². The number of carbonyl (C=O) groups excluding carboxylic acids is 1. The second-order valence-electron chi connectivity index (χ2n) is 25.0. The van der Waals surface area contributed by atoms with Crippen molar-refractivity contribution in [2.75, 3.05) is 6.61 Å². The number of carbonyl (C=O) groups is 1. The highest BCUT2D eigenvalue weighted by atomic mass is 16.3. The highest BCUT2D eigenvalue weighted by molar-refractivity contribution is 5.76. The minimum Gasteiger partial charge on any atom is -0.394 e. The number of allylic oxidation sites excluding steroid dienone is 7. The zero-order valence-corrected chi connectivity index (χ0v) is 53.9. The Morgan fingerprint density at radius 1 is 0.304 bits per heavy atom. The summed E-state index contributed by atoms with van der Waals surface area (Å²) >= 11 is 0. The Morgan fingerprint density at radius 3 is 0.772 bits per heavy atom. The van der Waals surface area contributed by atoms with E-state index in [0.29, 0.717) is 6.42 Å². The fraction of sp³-hybridized carbons (Fsp3) is 0.880. The number of aliphatic hydroxyl groups is 2. The second kappa shape index (κ2) is 70.6. The Morgan fingerprint density at radius 2 is 0.519 bits per heavy atom. The van der Waals surface area contributed by atoms with Crippen LogP contribution in [0.4, 0.5) is 0 Å². The van der Waals surface area contributed by atoms with Gasteiger partial charge >= 0.3 is 0 Å². The van der Waals surface area contributed by atoms with Gasteiger partial charge in [0.15, 0.2) is 0 Å². The summed E-state index contributed by atoms with van der Waals surface area (Å²) in [5.74, 6) is -0.0563. The number of aliphatic hydroxyl groups excluding tert-OH is 2. The van der Waals surface area contributed by atoms with Crippen LogP contribution < -0.4 is 5.32 Å². The summed E-state index contributed by atoms with van der Waals surface area (Å²) in [6, 6.07) is -0.624. The Bertz CT molecular complexity index is 1250. The van der Waals surface area contributed by atoms with E-state index in [2.05, 4.69) is 55.6 Å². The standard InChI is InChI=1S/C75H143NO3/c1-3-5-7-9-11-13-15-17-19-21-23-25-27-29-31-33-35-37-38-39-41-43-45-47-49-51-53-55-57-59-61-63-65-67-69-71-75(79)76-73(72-77)74(78)70-68-66-64-62-60-58-56-54-52-50-48-46-44-42-40-36-34-32-30-28-26-24-22-20-18-16-14-12-10-8-6-4-2/h15,17,21,23,27,29,68,70,73-74,77-78H,3-14,16,18-20,22,24-26,28,30-67,69,71-72H2,1-2H3,(H,76,79)/b17-15-,23-21-,29-27-,70-68+. The van der Waals surface area contributed by atoms with E-state index < -0.39 is 12.1 Å². The first kappa shape index (κ1) is 77.3. The maximum Gasteiger partial charge on any atom is 0.220 e. The average molecular weight is 1110 g/mol. The number of nitrogens with one attached hydrogen (secondary N) is 1. The van der Waals surface area contributed by atoms with Crippen LogP contribution >= 0.6 is 0 Å². The molecule has 0 aliphatic rings. The van der Waals surface area contributed by atoms with E-state index in [1.165, 1.54) is 347 Å². The Kier molecular flexibility index (Phi) is 69.1. The van der Waals surface area contributed by atoms with Gasteiger partial charge < -0.3 is 15.5 Å². The summed E-state index contributed by atoms with van der Waals surface area (Å²) in [5, 5.41) is 23.3. The summed E-state index contributed by atoms with van der Waals surface area (Å²) < 4.78 is 0. The normalized spacial score (nSPS) is 12.9. The molecular weight excluding hydrogens is 963 g/mol. The Balaban J connectivity index is 3.42. The molecule has 4 heteroatoms. The van der Waals surface area contributed by atoms with Gasteiger partial charge in [-0.25, -0.2) is 0 Å². The lowest BCUT2D eigenvalue weighted by atomic mass is 10.0. The van der Waals surface area contributed by atoms with Gasteiger partial charge in [-0.2, -0.15) is 0 Å². The molecule has 466 valence electrons. The quantitative estimate of drug-likeness (QED) is 0.0420. The molecule has 0 saturated carbocycles. The third-order valence-corrected chi connectivity index (χ3v) is 17.1. The van der Waals surface area contributed by atoms with Gasteiger partial charge in [-0.05, 0) is 57.8 Å². The predicted octanol–water partition coefficient (Wildman–Crippen LogP) is 24.9. The zero-order valence-electron chi connectivity index (χ0n) is 53.9. The van der Waals surface area contributed by atoms with Crippen LogP contribution in [0.1, 0.15) is 406 Å². The number of unbranched alkanes of at least 4 members (excludes halogenated alkanes) is 55. The number of hydrogen-bond donors (Lipinski definition) is 3. The first-order valence-corrected chi connectivity index (χ1v) is 36.4. The average Bonchev–Trinajstić information content (AvgIpc) is 3.45. The highest BCUT2D eigenvalue weighted by Crippen LogP contribution is 2.19. The Hall–Kier alpha value is -1.65. The molecule has 0 rings (SSSR count). The largest absolute Gasteiger partial charge is 0.394 e. The summed E-state index contributed by atoms with van der Waals surface area (Å²) in [4.78, 5) is 12.6. The molecule has 2 unspecified atom stereocenters. The van der Waals surface area contributed by atoms with Crippen molar-refractivity contribution in [3.8, 4) is 0 Å². The van der Waals surface area contributed by atoms with Crippen LogP contribution in [0.25, 0.3) is 0 Å². The van der Waals surface area contributed by atoms with E-state index in [1.54, 1.807) is 6.08 Å². The van der Waals surface area contributed by atoms with E-state index in [1.807, 2.05) is 6.08 Å². The summed E-state index contributed by atoms with van der Waals surface area (Å²) in [7, 11) is 0. The summed E-state index contributed by atoms with van der Waals surface area (Å²) in [6.07, 6.45) is 99.3. The molecule has 0 saturated heterocycles. The molecule has 1 amide bonds. The lowest BCUT2D eigenvalue weighted by Crippen LogP contribution is -2.45. The van der Waals surface area contributed by atoms with Gasteiger partial charge in [0.25, 0.3) is 0 Å². The van der Waals surface area contributed by atoms with Crippen molar-refractivity contribution in [3.05, 3.63) is 48.6 Å². The van der Waals surface area contributed by atoms with Crippen molar-refractivity contribution >= 4 is 5.91 Å². The third kappa shape index (κ3) is 67.0. The second-order valence-corrected chi connectivity index (χ2v) is 25.0. The van der Waals surface area contributed by atoms with Crippen LogP contribution in [-0.4, -0.2) is 34.9 Å². The molecule has 0 fully saturated rings. The minimum absolute atomic E-state index is 0.0563. The Labute approximate surface area is 496 Å². The van der Waals surface area contributed by atoms with Crippen molar-refractivity contribution in [2.24, 2.45) is 0 Å². The number of amides is 1. The van der Waals surface area contributed by atoms with E-state index >= 15 is 0 Å². The van der Waals surface area contributed by atoms with E-state index in [9.17, 15) is 15.0 Å². The molecule has 79 heavy (non-hydrogen) atoms. The molecule has 4 nitrogen and oxygen atoms in total. The lowest BCUT2D eigenvalue weighted by Gasteiger charge is -2.20. The van der Waals surface area contributed by atoms with E-state index in [-0.39, 0.29) is 12.5 Å². The number of rotatable bonds is 68. The van der Waals surface area contributed by atoms with Crippen molar-refractivity contribution in [2.45, 2.75) is 418 Å². The van der Waals surface area contributed by atoms with Crippen LogP contribution in [0.3, 0.4) is 0 Å². The zero-order chi connectivity index (χ0) is 56.9. The molecule has 0 radical (unpaired) electrons. The molecule has 0 bridgehead atoms. The predicted molar refractivity (Wildman–Crippen MR) is 355 cm³/mol. The molecule has 0 spiro atoms. The number of hydrogen-bond acceptors (Lipinski definition) is 3. The van der Waals surface area contributed by atoms with Gasteiger partial charge in [0.2, 0.25) is 5.91 Å². The SMILES string of the molecule is CCCCCCC/C=C\C/C=C\C/C=C\CCCCCCCCCCCCCCCCCCCCCCC(=O)NC(CO)C(O)/C=C/CCCCCCCCCCCCCCCCCCCCCCCCCCCCCCCC. The fourth-order valence-corrected chi connectivity index (χ4v) is 11.5. The van der Waals surface area contributed by atoms with Gasteiger partial charge in [0.05, 0.1) is 18.8 Å². The fourth-order valence-electron chi connectivity index (χ4n) is 11.5. The molecule has 3 N–H and O–H groups in total. The van der Waals surface area contributed by atoms with Gasteiger partial charge in [0, 0.05) is 6.42 Å². The minimum atomic E-state index is -0.841. The highest BCUT2D eigenvalue weighted by Gasteiger charge is 2.18. The molecule has 0 heterocycles. The van der Waals surface area contributed by atoms with Crippen molar-refractivity contribution in [3.63, 3.8) is 0 Å². The molecule has 0 aliphatic heterocycles. The van der Waals surface area contributed by atoms with Gasteiger partial charge in [-0.3, -0.25) is 4.79 Å². The van der Waals surface area contributed by atoms with E-state index in [0.717, 1.165) is 38.5 Å². The van der Waals surface area contributed by atoms with Gasteiger partial charge in [-0.1, -0.05) is 390 Å². The van der Waals surface area contributed by atoms with Crippen LogP contribution in [0.2, 0.25) is 0 Å². The van der Waals surface area contributed by atoms with E-state index in [4.69, 9.17) is 0 Å².